The van der Waals surface area contributed by atoms with E-state index in [0.29, 0.717) is 24.5 Å². The summed E-state index contributed by atoms with van der Waals surface area (Å²) in [6.07, 6.45) is 2.85. The molecular formula is C13H24N2O3. The molecule has 2 atom stereocenters. The summed E-state index contributed by atoms with van der Waals surface area (Å²) in [5.41, 5.74) is 0. The monoisotopic (exact) mass is 256 g/mol. The molecule has 2 N–H and O–H groups in total. The molecule has 2 fully saturated rings. The van der Waals surface area contributed by atoms with Crippen molar-refractivity contribution < 1.29 is 14.3 Å². The molecule has 0 aliphatic carbocycles. The third-order valence-corrected chi connectivity index (χ3v) is 3.75. The Kier molecular flexibility index (Phi) is 5.41. The molecule has 0 aromatic heterocycles. The molecule has 2 aliphatic rings. The van der Waals surface area contributed by atoms with Gasteiger partial charge in [0, 0.05) is 31.9 Å². The predicted molar refractivity (Wildman–Crippen MR) is 68.4 cm³/mol. The summed E-state index contributed by atoms with van der Waals surface area (Å²) in [5.74, 6) is 0.579. The Morgan fingerprint density at radius 1 is 1.17 bits per heavy atom. The van der Waals surface area contributed by atoms with Gasteiger partial charge in [-0.1, -0.05) is 6.92 Å². The number of carbonyl (C=O) groups excluding carboxylic acids is 1. The highest BCUT2D eigenvalue weighted by atomic mass is 16.5. The van der Waals surface area contributed by atoms with Crippen molar-refractivity contribution in [2.45, 2.75) is 38.3 Å². The van der Waals surface area contributed by atoms with Crippen LogP contribution in [0, 0.1) is 5.92 Å². The first-order valence-corrected chi connectivity index (χ1v) is 6.94. The second-order valence-corrected chi connectivity index (χ2v) is 5.28. The summed E-state index contributed by atoms with van der Waals surface area (Å²) in [5, 5.41) is 6.40. The zero-order valence-corrected chi connectivity index (χ0v) is 11.1. The Morgan fingerprint density at radius 2 is 1.89 bits per heavy atom. The van der Waals surface area contributed by atoms with Gasteiger partial charge in [0.2, 0.25) is 5.91 Å². The van der Waals surface area contributed by atoms with E-state index in [9.17, 15) is 4.79 Å². The number of ether oxygens (including phenoxy) is 2. The molecule has 1 amide bonds. The number of hydrogen-bond donors (Lipinski definition) is 2. The summed E-state index contributed by atoms with van der Waals surface area (Å²) in [6.45, 7) is 5.67. The molecule has 5 nitrogen and oxygen atoms in total. The lowest BCUT2D eigenvalue weighted by molar-refractivity contribution is -0.121. The Balaban J connectivity index is 1.64. The Morgan fingerprint density at radius 3 is 2.61 bits per heavy atom. The fraction of sp³-hybridized carbons (Fsp3) is 0.923. The van der Waals surface area contributed by atoms with Crippen LogP contribution >= 0.6 is 0 Å². The Bertz CT molecular complexity index is 267. The lowest BCUT2D eigenvalue weighted by Gasteiger charge is -2.30. The molecule has 18 heavy (non-hydrogen) atoms. The van der Waals surface area contributed by atoms with Crippen molar-refractivity contribution in [1.29, 1.82) is 0 Å². The third kappa shape index (κ3) is 4.23. The number of hydrogen-bond acceptors (Lipinski definition) is 4. The first-order chi connectivity index (χ1) is 8.75. The van der Waals surface area contributed by atoms with Gasteiger partial charge in [-0.2, -0.15) is 0 Å². The van der Waals surface area contributed by atoms with Crippen molar-refractivity contribution >= 4 is 5.91 Å². The normalized spacial score (nSPS) is 30.1. The number of carbonyl (C=O) groups is 1. The van der Waals surface area contributed by atoms with Gasteiger partial charge in [-0.15, -0.1) is 0 Å². The molecule has 0 radical (unpaired) electrons. The Hall–Kier alpha value is -0.650. The van der Waals surface area contributed by atoms with Crippen molar-refractivity contribution in [3.8, 4) is 0 Å². The summed E-state index contributed by atoms with van der Waals surface area (Å²) < 4.78 is 10.7. The van der Waals surface area contributed by atoms with Gasteiger partial charge in [0.15, 0.2) is 0 Å². The third-order valence-electron chi connectivity index (χ3n) is 3.75. The van der Waals surface area contributed by atoms with Gasteiger partial charge in [-0.05, 0) is 25.2 Å². The summed E-state index contributed by atoms with van der Waals surface area (Å²) in [7, 11) is 0. The van der Waals surface area contributed by atoms with E-state index in [2.05, 4.69) is 17.6 Å². The molecule has 2 aliphatic heterocycles. The molecule has 5 heteroatoms. The van der Waals surface area contributed by atoms with E-state index in [1.807, 2.05) is 0 Å². The lowest BCUT2D eigenvalue weighted by Crippen LogP contribution is -2.48. The minimum atomic E-state index is 0.0978. The minimum Gasteiger partial charge on any atom is -0.381 e. The molecule has 2 rings (SSSR count). The smallest absolute Gasteiger partial charge is 0.234 e. The standard InChI is InChI=1S/C13H24N2O3/c1-10-9-18-7-4-12(10)14-8-13(16)15-11-2-5-17-6-3-11/h10-12,14H,2-9H2,1H3,(H,15,16). The van der Waals surface area contributed by atoms with Crippen molar-refractivity contribution in [3.63, 3.8) is 0 Å². The predicted octanol–water partition coefficient (Wildman–Crippen LogP) is 0.296. The van der Waals surface area contributed by atoms with Crippen LogP contribution in [0.4, 0.5) is 0 Å². The second-order valence-electron chi connectivity index (χ2n) is 5.28. The zero-order chi connectivity index (χ0) is 12.8. The van der Waals surface area contributed by atoms with E-state index >= 15 is 0 Å². The van der Waals surface area contributed by atoms with Gasteiger partial charge in [-0.25, -0.2) is 0 Å². The molecule has 0 aromatic carbocycles. The van der Waals surface area contributed by atoms with Gasteiger partial charge < -0.3 is 20.1 Å². The highest BCUT2D eigenvalue weighted by Gasteiger charge is 2.22. The fourth-order valence-electron chi connectivity index (χ4n) is 2.53. The average Bonchev–Trinajstić information content (AvgIpc) is 2.39. The van der Waals surface area contributed by atoms with E-state index < -0.39 is 0 Å². The van der Waals surface area contributed by atoms with Crippen LogP contribution in [0.15, 0.2) is 0 Å². The van der Waals surface area contributed by atoms with Crippen LogP contribution in [0.3, 0.4) is 0 Å². The van der Waals surface area contributed by atoms with Crippen LogP contribution in [0.5, 0.6) is 0 Å². The number of amides is 1. The molecule has 104 valence electrons. The maximum atomic E-state index is 11.8. The second kappa shape index (κ2) is 7.07. The van der Waals surface area contributed by atoms with Gasteiger partial charge in [0.25, 0.3) is 0 Å². The summed E-state index contributed by atoms with van der Waals surface area (Å²) in [6, 6.07) is 0.694. The maximum Gasteiger partial charge on any atom is 0.234 e. The van der Waals surface area contributed by atoms with Gasteiger partial charge >= 0.3 is 0 Å². The van der Waals surface area contributed by atoms with Crippen molar-refractivity contribution in [2.24, 2.45) is 5.92 Å². The number of rotatable bonds is 4. The van der Waals surface area contributed by atoms with E-state index in [1.54, 1.807) is 0 Å². The van der Waals surface area contributed by atoms with Crippen LogP contribution in [0.1, 0.15) is 26.2 Å². The van der Waals surface area contributed by atoms with E-state index in [4.69, 9.17) is 9.47 Å². The summed E-state index contributed by atoms with van der Waals surface area (Å²) in [4.78, 5) is 11.8. The fourth-order valence-corrected chi connectivity index (χ4v) is 2.53. The first kappa shape index (κ1) is 13.8. The highest BCUT2D eigenvalue weighted by Crippen LogP contribution is 2.13. The quantitative estimate of drug-likeness (QED) is 0.759. The minimum absolute atomic E-state index is 0.0978. The van der Waals surface area contributed by atoms with Crippen LogP contribution in [0.2, 0.25) is 0 Å². The molecule has 0 saturated carbocycles. The molecule has 2 heterocycles. The average molecular weight is 256 g/mol. The van der Waals surface area contributed by atoms with Gasteiger partial charge in [0.05, 0.1) is 13.2 Å². The zero-order valence-electron chi connectivity index (χ0n) is 11.1. The lowest BCUT2D eigenvalue weighted by atomic mass is 9.98. The largest absolute Gasteiger partial charge is 0.381 e. The molecule has 2 unspecified atom stereocenters. The summed E-state index contributed by atoms with van der Waals surface area (Å²) >= 11 is 0. The topological polar surface area (TPSA) is 59.6 Å². The first-order valence-electron chi connectivity index (χ1n) is 6.94. The molecular weight excluding hydrogens is 232 g/mol. The van der Waals surface area contributed by atoms with E-state index in [-0.39, 0.29) is 5.91 Å². The molecule has 0 spiro atoms. The van der Waals surface area contributed by atoms with E-state index in [0.717, 1.165) is 45.7 Å². The molecule has 0 bridgehead atoms. The van der Waals surface area contributed by atoms with Crippen LogP contribution < -0.4 is 10.6 Å². The van der Waals surface area contributed by atoms with E-state index in [1.165, 1.54) is 0 Å². The SMILES string of the molecule is CC1COCCC1NCC(=O)NC1CCOCC1. The van der Waals surface area contributed by atoms with Gasteiger partial charge in [0.1, 0.15) is 0 Å². The highest BCUT2D eigenvalue weighted by molar-refractivity contribution is 5.78. The van der Waals surface area contributed by atoms with Crippen molar-refractivity contribution in [3.05, 3.63) is 0 Å². The number of nitrogens with one attached hydrogen (secondary N) is 2. The van der Waals surface area contributed by atoms with Gasteiger partial charge in [-0.3, -0.25) is 4.79 Å². The van der Waals surface area contributed by atoms with Crippen molar-refractivity contribution in [2.75, 3.05) is 33.0 Å². The maximum absolute atomic E-state index is 11.8. The van der Waals surface area contributed by atoms with Crippen LogP contribution in [-0.4, -0.2) is 51.0 Å². The Labute approximate surface area is 109 Å². The van der Waals surface area contributed by atoms with Crippen LogP contribution in [0.25, 0.3) is 0 Å². The van der Waals surface area contributed by atoms with Crippen LogP contribution in [-0.2, 0) is 14.3 Å². The molecule has 2 saturated heterocycles. The van der Waals surface area contributed by atoms with Crippen molar-refractivity contribution in [1.82, 2.24) is 10.6 Å². The molecule has 0 aromatic rings.